The molecule has 2 amide bonds. The lowest BCUT2D eigenvalue weighted by Gasteiger charge is -2.11. The van der Waals surface area contributed by atoms with Crippen LogP contribution in [-0.4, -0.2) is 33.1 Å². The number of nitrogens with one attached hydrogen (secondary N) is 2. The number of benzene rings is 1. The number of carbonyl (C=O) groups is 2. The Kier molecular flexibility index (Phi) is 5.65. The molecule has 0 aliphatic carbocycles. The highest BCUT2D eigenvalue weighted by Crippen LogP contribution is 2.23. The number of pyridine rings is 1. The van der Waals surface area contributed by atoms with E-state index in [1.54, 1.807) is 37.4 Å². The molecular formula is C20H22ClN5O2. The fourth-order valence-electron chi connectivity index (χ4n) is 2.87. The number of fused-ring (bicyclic) bond motifs is 1. The summed E-state index contributed by atoms with van der Waals surface area (Å²) in [7, 11) is 0. The zero-order chi connectivity index (χ0) is 20.4. The number of nitrogens with zero attached hydrogens (tertiary/aromatic N) is 3. The first-order chi connectivity index (χ1) is 13.3. The molecule has 3 aromatic rings. The number of hydrogen-bond donors (Lipinski definition) is 2. The summed E-state index contributed by atoms with van der Waals surface area (Å²) in [5.74, 6) is -0.694. The third-order valence-electron chi connectivity index (χ3n) is 4.44. The molecule has 0 radical (unpaired) electrons. The second-order valence-corrected chi connectivity index (χ2v) is 7.27. The van der Waals surface area contributed by atoms with Gasteiger partial charge in [-0.05, 0) is 51.5 Å². The molecule has 0 bridgehead atoms. The van der Waals surface area contributed by atoms with E-state index in [9.17, 15) is 9.59 Å². The maximum absolute atomic E-state index is 12.5. The largest absolute Gasteiger partial charge is 0.343 e. The molecule has 2 heterocycles. The normalized spacial score (nSPS) is 11.1. The second-order valence-electron chi connectivity index (χ2n) is 6.86. The first-order valence-corrected chi connectivity index (χ1v) is 9.33. The number of hydrogen-bond acceptors (Lipinski definition) is 4. The number of halogens is 1. The SMILES string of the molecule is Cc1nc2c(cnn2C(C)C)cc1C(=O)NCC(=O)Nc1cccc(Cl)c1C. The topological polar surface area (TPSA) is 88.9 Å². The van der Waals surface area contributed by atoms with Crippen molar-refractivity contribution in [1.82, 2.24) is 20.1 Å². The summed E-state index contributed by atoms with van der Waals surface area (Å²) in [5.41, 5.74) is 3.13. The number of aryl methyl sites for hydroxylation is 1. The van der Waals surface area contributed by atoms with Crippen molar-refractivity contribution in [3.63, 3.8) is 0 Å². The lowest BCUT2D eigenvalue weighted by Crippen LogP contribution is -2.33. The highest BCUT2D eigenvalue weighted by atomic mass is 35.5. The van der Waals surface area contributed by atoms with Gasteiger partial charge in [0.25, 0.3) is 5.91 Å². The van der Waals surface area contributed by atoms with Gasteiger partial charge in [0.1, 0.15) is 0 Å². The summed E-state index contributed by atoms with van der Waals surface area (Å²) < 4.78 is 1.81. The Hall–Kier alpha value is -2.93. The van der Waals surface area contributed by atoms with Gasteiger partial charge in [0.05, 0.1) is 24.0 Å². The average molecular weight is 400 g/mol. The molecule has 7 nitrogen and oxygen atoms in total. The van der Waals surface area contributed by atoms with Gasteiger partial charge in [0.2, 0.25) is 5.91 Å². The fraction of sp³-hybridized carbons (Fsp3) is 0.300. The van der Waals surface area contributed by atoms with Crippen LogP contribution in [0.3, 0.4) is 0 Å². The van der Waals surface area contributed by atoms with Gasteiger partial charge < -0.3 is 10.6 Å². The lowest BCUT2D eigenvalue weighted by molar-refractivity contribution is -0.115. The molecule has 8 heteroatoms. The Labute approximate surface area is 168 Å². The van der Waals surface area contributed by atoms with Gasteiger partial charge >= 0.3 is 0 Å². The van der Waals surface area contributed by atoms with Crippen molar-refractivity contribution in [2.45, 2.75) is 33.7 Å². The van der Waals surface area contributed by atoms with Gasteiger partial charge in [-0.15, -0.1) is 0 Å². The van der Waals surface area contributed by atoms with Gasteiger partial charge in [-0.2, -0.15) is 5.10 Å². The average Bonchev–Trinajstić information content (AvgIpc) is 3.05. The number of carbonyl (C=O) groups excluding carboxylic acids is 2. The van der Waals surface area contributed by atoms with E-state index >= 15 is 0 Å². The zero-order valence-corrected chi connectivity index (χ0v) is 17.0. The second kappa shape index (κ2) is 7.98. The van der Waals surface area contributed by atoms with Crippen LogP contribution in [0, 0.1) is 13.8 Å². The summed E-state index contributed by atoms with van der Waals surface area (Å²) >= 11 is 6.06. The van der Waals surface area contributed by atoms with E-state index < -0.39 is 0 Å². The molecule has 0 saturated carbocycles. The number of amides is 2. The third-order valence-corrected chi connectivity index (χ3v) is 4.85. The smallest absolute Gasteiger partial charge is 0.253 e. The fourth-order valence-corrected chi connectivity index (χ4v) is 3.04. The van der Waals surface area contributed by atoms with Gasteiger partial charge in [-0.25, -0.2) is 9.67 Å². The predicted octanol–water partition coefficient (Wildman–Crippen LogP) is 3.65. The van der Waals surface area contributed by atoms with Crippen LogP contribution in [0.2, 0.25) is 5.02 Å². The van der Waals surface area contributed by atoms with Crippen LogP contribution in [0.5, 0.6) is 0 Å². The van der Waals surface area contributed by atoms with E-state index in [1.807, 2.05) is 25.5 Å². The Morgan fingerprint density at radius 2 is 2.00 bits per heavy atom. The molecule has 0 spiro atoms. The molecule has 0 fully saturated rings. The van der Waals surface area contributed by atoms with Crippen molar-refractivity contribution in [3.05, 3.63) is 52.3 Å². The van der Waals surface area contributed by atoms with Crippen LogP contribution in [-0.2, 0) is 4.79 Å². The van der Waals surface area contributed by atoms with Gasteiger partial charge in [-0.1, -0.05) is 17.7 Å². The Balaban J connectivity index is 1.70. The minimum Gasteiger partial charge on any atom is -0.343 e. The third kappa shape index (κ3) is 3.99. The molecule has 146 valence electrons. The summed E-state index contributed by atoms with van der Waals surface area (Å²) in [6.45, 7) is 7.46. The predicted molar refractivity (Wildman–Crippen MR) is 110 cm³/mol. The van der Waals surface area contributed by atoms with Crippen molar-refractivity contribution in [2.24, 2.45) is 0 Å². The Bertz CT molecular complexity index is 1060. The van der Waals surface area contributed by atoms with Crippen molar-refractivity contribution in [3.8, 4) is 0 Å². The van der Waals surface area contributed by atoms with E-state index in [-0.39, 0.29) is 24.4 Å². The van der Waals surface area contributed by atoms with Crippen LogP contribution < -0.4 is 10.6 Å². The summed E-state index contributed by atoms with van der Waals surface area (Å²) in [6, 6.07) is 7.18. The van der Waals surface area contributed by atoms with Gasteiger partial charge in [0, 0.05) is 22.1 Å². The van der Waals surface area contributed by atoms with Crippen molar-refractivity contribution >= 4 is 40.1 Å². The lowest BCUT2D eigenvalue weighted by atomic mass is 10.1. The van der Waals surface area contributed by atoms with E-state index in [4.69, 9.17) is 11.6 Å². The standard InChI is InChI=1S/C20H22ClN5O2/c1-11(2)26-19-14(9-23-26)8-15(13(4)24-19)20(28)22-10-18(27)25-17-7-5-6-16(21)12(17)3/h5-9,11H,10H2,1-4H3,(H,22,28)(H,25,27). The summed E-state index contributed by atoms with van der Waals surface area (Å²) in [4.78, 5) is 29.3. The minimum absolute atomic E-state index is 0.159. The highest BCUT2D eigenvalue weighted by molar-refractivity contribution is 6.31. The van der Waals surface area contributed by atoms with E-state index in [0.717, 1.165) is 16.6 Å². The first-order valence-electron chi connectivity index (χ1n) is 8.96. The first kappa shape index (κ1) is 19.8. The quantitative estimate of drug-likeness (QED) is 0.685. The monoisotopic (exact) mass is 399 g/mol. The van der Waals surface area contributed by atoms with E-state index in [0.29, 0.717) is 22.0 Å². The molecule has 3 rings (SSSR count). The molecule has 2 aromatic heterocycles. The number of aromatic nitrogens is 3. The molecule has 0 unspecified atom stereocenters. The van der Waals surface area contributed by atoms with Crippen LogP contribution in [0.25, 0.3) is 11.0 Å². The van der Waals surface area contributed by atoms with Gasteiger partial charge in [0.15, 0.2) is 5.65 Å². The van der Waals surface area contributed by atoms with Crippen LogP contribution >= 0.6 is 11.6 Å². The van der Waals surface area contributed by atoms with Crippen LogP contribution in [0.15, 0.2) is 30.5 Å². The van der Waals surface area contributed by atoms with Crippen molar-refractivity contribution in [1.29, 1.82) is 0 Å². The Morgan fingerprint density at radius 3 is 2.71 bits per heavy atom. The van der Waals surface area contributed by atoms with Crippen molar-refractivity contribution in [2.75, 3.05) is 11.9 Å². The maximum Gasteiger partial charge on any atom is 0.253 e. The molecular weight excluding hydrogens is 378 g/mol. The number of rotatable bonds is 5. The van der Waals surface area contributed by atoms with E-state index in [2.05, 4.69) is 20.7 Å². The van der Waals surface area contributed by atoms with Crippen LogP contribution in [0.1, 0.15) is 41.5 Å². The van der Waals surface area contributed by atoms with Crippen molar-refractivity contribution < 1.29 is 9.59 Å². The molecule has 0 saturated heterocycles. The number of anilines is 1. The molecule has 1 aromatic carbocycles. The zero-order valence-electron chi connectivity index (χ0n) is 16.2. The molecule has 0 atom stereocenters. The summed E-state index contributed by atoms with van der Waals surface area (Å²) in [5, 5.41) is 11.1. The molecule has 2 N–H and O–H groups in total. The van der Waals surface area contributed by atoms with Crippen LogP contribution in [0.4, 0.5) is 5.69 Å². The highest BCUT2D eigenvalue weighted by Gasteiger charge is 2.16. The van der Waals surface area contributed by atoms with E-state index in [1.165, 1.54) is 0 Å². The van der Waals surface area contributed by atoms with Gasteiger partial charge in [-0.3, -0.25) is 9.59 Å². The Morgan fingerprint density at radius 1 is 1.25 bits per heavy atom. The summed E-state index contributed by atoms with van der Waals surface area (Å²) in [6.07, 6.45) is 1.69. The minimum atomic E-state index is -0.359. The molecule has 28 heavy (non-hydrogen) atoms. The molecule has 0 aliphatic heterocycles. The molecule has 0 aliphatic rings. The maximum atomic E-state index is 12.5.